The van der Waals surface area contributed by atoms with Crippen molar-refractivity contribution in [2.45, 2.75) is 38.8 Å². The fourth-order valence-electron chi connectivity index (χ4n) is 4.72. The van der Waals surface area contributed by atoms with Gasteiger partial charge >= 0.3 is 0 Å². The molecule has 1 aliphatic rings. The van der Waals surface area contributed by atoms with Crippen LogP contribution in [-0.2, 0) is 7.05 Å². The van der Waals surface area contributed by atoms with Crippen LogP contribution < -0.4 is 4.74 Å². The van der Waals surface area contributed by atoms with Crippen molar-refractivity contribution in [1.82, 2.24) is 34.1 Å². The highest BCUT2D eigenvalue weighted by Crippen LogP contribution is 2.35. The van der Waals surface area contributed by atoms with Gasteiger partial charge in [-0.15, -0.1) is 0 Å². The standard InChI is InChI=1S/C24H25N9O/c1-16-21(13-29-33(16)20-5-8-31(15-26)9-6-20)18-10-23(24-19(11-25)12-28-32(24)14-18)34-17(2)22-4-7-27-30(22)3/h4,7,10,12-14,17,20H,5-6,8-9H2,1-3H3/t17-/m1/s1. The molecule has 34 heavy (non-hydrogen) atoms. The number of fused-ring (bicyclic) bond motifs is 1. The second kappa shape index (κ2) is 8.56. The first-order valence-corrected chi connectivity index (χ1v) is 11.3. The topological polar surface area (TPSA) is 113 Å². The third-order valence-corrected chi connectivity index (χ3v) is 6.58. The minimum absolute atomic E-state index is 0.262. The largest absolute Gasteiger partial charge is 0.482 e. The molecule has 10 heteroatoms. The van der Waals surface area contributed by atoms with E-state index in [0.717, 1.165) is 48.4 Å². The molecule has 1 atom stereocenters. The van der Waals surface area contributed by atoms with Crippen molar-refractivity contribution in [3.63, 3.8) is 0 Å². The molecule has 0 amide bonds. The Labute approximate surface area is 197 Å². The van der Waals surface area contributed by atoms with E-state index in [0.29, 0.717) is 16.8 Å². The third kappa shape index (κ3) is 3.63. The van der Waals surface area contributed by atoms with E-state index in [1.807, 2.05) is 38.5 Å². The number of hydrogen-bond donors (Lipinski definition) is 0. The molecule has 5 rings (SSSR count). The van der Waals surface area contributed by atoms with E-state index in [1.54, 1.807) is 26.5 Å². The van der Waals surface area contributed by atoms with E-state index >= 15 is 0 Å². The van der Waals surface area contributed by atoms with Gasteiger partial charge in [0.25, 0.3) is 0 Å². The predicted octanol–water partition coefficient (Wildman–Crippen LogP) is 3.37. The Balaban J connectivity index is 1.53. The summed E-state index contributed by atoms with van der Waals surface area (Å²) >= 11 is 0. The highest BCUT2D eigenvalue weighted by atomic mass is 16.5. The Bertz CT molecular complexity index is 1420. The summed E-state index contributed by atoms with van der Waals surface area (Å²) in [6, 6.07) is 6.34. The van der Waals surface area contributed by atoms with Gasteiger partial charge in [0.15, 0.2) is 6.19 Å². The summed E-state index contributed by atoms with van der Waals surface area (Å²) in [5.41, 5.74) is 4.95. The van der Waals surface area contributed by atoms with Crippen LogP contribution in [-0.4, -0.2) is 47.2 Å². The smallest absolute Gasteiger partial charge is 0.179 e. The second-order valence-electron chi connectivity index (χ2n) is 8.60. The maximum Gasteiger partial charge on any atom is 0.179 e. The van der Waals surface area contributed by atoms with Crippen molar-refractivity contribution in [3.8, 4) is 29.1 Å². The van der Waals surface area contributed by atoms with E-state index in [9.17, 15) is 5.26 Å². The molecular formula is C24H25N9O. The molecule has 0 spiro atoms. The maximum atomic E-state index is 9.62. The minimum Gasteiger partial charge on any atom is -0.482 e. The normalized spacial score (nSPS) is 15.3. The zero-order valence-electron chi connectivity index (χ0n) is 19.4. The summed E-state index contributed by atoms with van der Waals surface area (Å²) in [5, 5.41) is 32.1. The summed E-state index contributed by atoms with van der Waals surface area (Å²) < 4.78 is 11.9. The highest BCUT2D eigenvalue weighted by Gasteiger charge is 2.24. The van der Waals surface area contributed by atoms with Gasteiger partial charge in [-0.05, 0) is 38.8 Å². The van der Waals surface area contributed by atoms with Gasteiger partial charge in [0.05, 0.1) is 24.1 Å². The number of likely N-dealkylation sites (tertiary alicyclic amines) is 1. The Morgan fingerprint density at radius 1 is 1.15 bits per heavy atom. The van der Waals surface area contributed by atoms with Gasteiger partial charge in [0.2, 0.25) is 0 Å². The lowest BCUT2D eigenvalue weighted by Crippen LogP contribution is -2.31. The first-order valence-electron chi connectivity index (χ1n) is 11.3. The summed E-state index contributed by atoms with van der Waals surface area (Å²) in [5.74, 6) is 0.578. The van der Waals surface area contributed by atoms with Crippen molar-refractivity contribution in [1.29, 1.82) is 10.5 Å². The lowest BCUT2D eigenvalue weighted by Gasteiger charge is -2.29. The molecule has 4 aromatic rings. The maximum absolute atomic E-state index is 9.62. The molecule has 1 saturated heterocycles. The quantitative estimate of drug-likeness (QED) is 0.424. The van der Waals surface area contributed by atoms with Crippen molar-refractivity contribution in [2.24, 2.45) is 7.05 Å². The molecule has 0 bridgehead atoms. The van der Waals surface area contributed by atoms with Gasteiger partial charge in [0, 0.05) is 49.4 Å². The third-order valence-electron chi connectivity index (χ3n) is 6.58. The van der Waals surface area contributed by atoms with Crippen molar-refractivity contribution >= 4 is 5.52 Å². The lowest BCUT2D eigenvalue weighted by atomic mass is 10.0. The van der Waals surface area contributed by atoms with Crippen LogP contribution in [0.2, 0.25) is 0 Å². The van der Waals surface area contributed by atoms with Gasteiger partial charge < -0.3 is 9.64 Å². The molecule has 0 N–H and O–H groups in total. The molecule has 0 saturated carbocycles. The lowest BCUT2D eigenvalue weighted by molar-refractivity contribution is 0.218. The highest BCUT2D eigenvalue weighted by molar-refractivity contribution is 5.76. The number of ether oxygens (including phenoxy) is 1. The molecular weight excluding hydrogens is 430 g/mol. The molecule has 1 aliphatic heterocycles. The van der Waals surface area contributed by atoms with Gasteiger partial charge in [-0.3, -0.25) is 9.36 Å². The Hall–Kier alpha value is -4.31. The number of nitrogens with zero attached hydrogens (tertiary/aromatic N) is 9. The molecule has 4 aromatic heterocycles. The van der Waals surface area contributed by atoms with E-state index in [4.69, 9.17) is 15.1 Å². The molecule has 1 fully saturated rings. The molecule has 0 aliphatic carbocycles. The molecule has 0 radical (unpaired) electrons. The Kier molecular flexibility index (Phi) is 5.42. The Morgan fingerprint density at radius 2 is 1.94 bits per heavy atom. The number of piperidine rings is 1. The number of pyridine rings is 1. The van der Waals surface area contributed by atoms with Crippen LogP contribution in [0.1, 0.15) is 48.9 Å². The van der Waals surface area contributed by atoms with Crippen LogP contribution in [0.5, 0.6) is 5.75 Å². The monoisotopic (exact) mass is 455 g/mol. The summed E-state index contributed by atoms with van der Waals surface area (Å²) in [7, 11) is 1.87. The van der Waals surface area contributed by atoms with Crippen molar-refractivity contribution < 1.29 is 4.74 Å². The number of nitriles is 2. The first-order chi connectivity index (χ1) is 16.5. The minimum atomic E-state index is -0.276. The van der Waals surface area contributed by atoms with Gasteiger partial charge in [-0.2, -0.15) is 25.8 Å². The van der Waals surface area contributed by atoms with Crippen LogP contribution in [0.4, 0.5) is 0 Å². The average Bonchev–Trinajstić information content (AvgIpc) is 3.57. The van der Waals surface area contributed by atoms with Crippen LogP contribution in [0, 0.1) is 29.7 Å². The SMILES string of the molecule is Cc1c(-c2cc(O[C@H](C)c3ccnn3C)c3c(C#N)cnn3c2)cnn1C1CCN(C#N)CC1. The van der Waals surface area contributed by atoms with Crippen LogP contribution in [0.3, 0.4) is 0 Å². The average molecular weight is 456 g/mol. The van der Waals surface area contributed by atoms with E-state index < -0.39 is 0 Å². The first kappa shape index (κ1) is 21.5. The fourth-order valence-corrected chi connectivity index (χ4v) is 4.72. The van der Waals surface area contributed by atoms with Crippen LogP contribution >= 0.6 is 0 Å². The van der Waals surface area contributed by atoms with E-state index in [-0.39, 0.29) is 12.1 Å². The predicted molar refractivity (Wildman–Crippen MR) is 124 cm³/mol. The van der Waals surface area contributed by atoms with Crippen LogP contribution in [0.15, 0.2) is 36.9 Å². The van der Waals surface area contributed by atoms with Crippen molar-refractivity contribution in [2.75, 3.05) is 13.1 Å². The fraction of sp³-hybridized carbons (Fsp3) is 0.375. The Morgan fingerprint density at radius 3 is 2.62 bits per heavy atom. The summed E-state index contributed by atoms with van der Waals surface area (Å²) in [6.45, 7) is 5.51. The summed E-state index contributed by atoms with van der Waals surface area (Å²) in [4.78, 5) is 1.79. The number of hydrogen-bond acceptors (Lipinski definition) is 7. The van der Waals surface area contributed by atoms with Gasteiger partial charge in [-0.25, -0.2) is 4.52 Å². The molecule has 5 heterocycles. The molecule has 10 nitrogen and oxygen atoms in total. The second-order valence-corrected chi connectivity index (χ2v) is 8.60. The molecule has 0 unspecified atom stereocenters. The zero-order chi connectivity index (χ0) is 23.8. The van der Waals surface area contributed by atoms with E-state index in [1.165, 1.54) is 0 Å². The number of aromatic nitrogens is 6. The summed E-state index contributed by atoms with van der Waals surface area (Å²) in [6.07, 6.45) is 10.8. The van der Waals surface area contributed by atoms with Gasteiger partial charge in [-0.1, -0.05) is 0 Å². The molecule has 172 valence electrons. The van der Waals surface area contributed by atoms with Crippen LogP contribution in [0.25, 0.3) is 16.6 Å². The van der Waals surface area contributed by atoms with Crippen molar-refractivity contribution in [3.05, 3.63) is 53.9 Å². The number of aryl methyl sites for hydroxylation is 1. The van der Waals surface area contributed by atoms with E-state index in [2.05, 4.69) is 34.1 Å². The molecule has 0 aromatic carbocycles. The number of rotatable bonds is 5. The van der Waals surface area contributed by atoms with Gasteiger partial charge in [0.1, 0.15) is 29.0 Å². The zero-order valence-corrected chi connectivity index (χ0v) is 19.4.